The van der Waals surface area contributed by atoms with Gasteiger partial charge < -0.3 is 44.3 Å². The number of aliphatic carboxylic acids is 1. The molecule has 0 aromatic heterocycles. The first-order valence-corrected chi connectivity index (χ1v) is 11.1. The standard InChI is InChI=1S/C23H29NO9/c1-24-8-7-23-6-5-12(31-22-18(27)16(25)17(26)20(33-22)21(28)29)9-14(23)32-19-13(30-2)4-3-11(10-24)15(19)23/h3-6,12,14,16-18,20,22,25-27H,7-10H2,1-2H3,(H,28,29). The van der Waals surface area contributed by atoms with Crippen LogP contribution in [0.25, 0.3) is 0 Å². The fourth-order valence-electron chi connectivity index (χ4n) is 5.50. The second-order valence-electron chi connectivity index (χ2n) is 9.27. The average Bonchev–Trinajstić information content (AvgIpc) is 3.05. The van der Waals surface area contributed by atoms with Crippen LogP contribution in [0.3, 0.4) is 0 Å². The van der Waals surface area contributed by atoms with Crippen LogP contribution in [0.2, 0.25) is 0 Å². The number of hydrogen-bond acceptors (Lipinski definition) is 9. The molecule has 1 saturated heterocycles. The van der Waals surface area contributed by atoms with Crippen LogP contribution in [-0.2, 0) is 26.2 Å². The summed E-state index contributed by atoms with van der Waals surface area (Å²) in [6.07, 6.45) is -3.76. The highest BCUT2D eigenvalue weighted by Gasteiger charge is 2.54. The largest absolute Gasteiger partial charge is 0.493 e. The number of nitrogens with zero attached hydrogens (tertiary/aromatic N) is 1. The van der Waals surface area contributed by atoms with E-state index >= 15 is 0 Å². The molecule has 0 radical (unpaired) electrons. The van der Waals surface area contributed by atoms with Crippen LogP contribution in [0, 0.1) is 0 Å². The van der Waals surface area contributed by atoms with Gasteiger partial charge in [-0.15, -0.1) is 0 Å². The highest BCUT2D eigenvalue weighted by atomic mass is 16.7. The summed E-state index contributed by atoms with van der Waals surface area (Å²) in [6.45, 7) is 1.68. The summed E-state index contributed by atoms with van der Waals surface area (Å²) < 4.78 is 23.2. The number of methoxy groups -OCH3 is 1. The maximum Gasteiger partial charge on any atom is 0.335 e. The van der Waals surface area contributed by atoms with Gasteiger partial charge in [0.15, 0.2) is 23.9 Å². The molecule has 8 unspecified atom stereocenters. The molecule has 0 saturated carbocycles. The number of aliphatic hydroxyl groups excluding tert-OH is 3. The Morgan fingerprint density at radius 1 is 1.21 bits per heavy atom. The van der Waals surface area contributed by atoms with E-state index in [9.17, 15) is 25.2 Å². The molecule has 33 heavy (non-hydrogen) atoms. The lowest BCUT2D eigenvalue weighted by Crippen LogP contribution is -2.61. The third kappa shape index (κ3) is 3.52. The number of aliphatic hydroxyl groups is 3. The maximum absolute atomic E-state index is 11.4. The predicted molar refractivity (Wildman–Crippen MR) is 113 cm³/mol. The van der Waals surface area contributed by atoms with E-state index in [-0.39, 0.29) is 11.5 Å². The minimum atomic E-state index is -1.76. The molecule has 10 nitrogen and oxygen atoms in total. The van der Waals surface area contributed by atoms with Crippen molar-refractivity contribution in [3.8, 4) is 11.5 Å². The van der Waals surface area contributed by atoms with Crippen LogP contribution >= 0.6 is 0 Å². The Morgan fingerprint density at radius 3 is 2.73 bits per heavy atom. The summed E-state index contributed by atoms with van der Waals surface area (Å²) in [5.41, 5.74) is 1.96. The van der Waals surface area contributed by atoms with Crippen LogP contribution in [0.15, 0.2) is 24.3 Å². The molecule has 180 valence electrons. The van der Waals surface area contributed by atoms with Crippen LogP contribution < -0.4 is 9.47 Å². The highest BCUT2D eigenvalue weighted by molar-refractivity contribution is 5.73. The molecule has 4 N–H and O–H groups in total. The Morgan fingerprint density at radius 2 is 2.00 bits per heavy atom. The molecule has 1 spiro atoms. The monoisotopic (exact) mass is 463 g/mol. The number of carbonyl (C=O) groups is 1. The Kier molecular flexibility index (Phi) is 5.63. The Bertz CT molecular complexity index is 967. The van der Waals surface area contributed by atoms with Gasteiger partial charge in [-0.1, -0.05) is 18.2 Å². The topological polar surface area (TPSA) is 138 Å². The quantitative estimate of drug-likeness (QED) is 0.443. The normalized spacial score (nSPS) is 39.8. The van der Waals surface area contributed by atoms with Gasteiger partial charge in [-0.25, -0.2) is 4.79 Å². The van der Waals surface area contributed by atoms with Crippen molar-refractivity contribution in [3.05, 3.63) is 35.4 Å². The lowest BCUT2D eigenvalue weighted by atomic mass is 9.69. The number of rotatable bonds is 4. The predicted octanol–water partition coefficient (Wildman–Crippen LogP) is -0.233. The van der Waals surface area contributed by atoms with Crippen LogP contribution in [0.5, 0.6) is 11.5 Å². The fraction of sp³-hybridized carbons (Fsp3) is 0.609. The third-order valence-electron chi connectivity index (χ3n) is 7.25. The van der Waals surface area contributed by atoms with Gasteiger partial charge in [0.25, 0.3) is 0 Å². The van der Waals surface area contributed by atoms with E-state index in [1.165, 1.54) is 5.56 Å². The van der Waals surface area contributed by atoms with Gasteiger partial charge in [0.1, 0.15) is 24.4 Å². The number of benzene rings is 1. The lowest BCUT2D eigenvalue weighted by Gasteiger charge is -2.42. The van der Waals surface area contributed by atoms with Gasteiger partial charge in [-0.05, 0) is 31.6 Å². The van der Waals surface area contributed by atoms with E-state index in [1.807, 2.05) is 12.1 Å². The molecule has 3 aliphatic heterocycles. The van der Waals surface area contributed by atoms with Gasteiger partial charge >= 0.3 is 5.97 Å². The van der Waals surface area contributed by atoms with E-state index < -0.39 is 42.8 Å². The van der Waals surface area contributed by atoms with Crippen LogP contribution in [0.1, 0.15) is 24.0 Å². The van der Waals surface area contributed by atoms with E-state index in [2.05, 4.69) is 24.1 Å². The zero-order valence-electron chi connectivity index (χ0n) is 18.5. The number of carboxylic acids is 1. The van der Waals surface area contributed by atoms with Gasteiger partial charge in [-0.3, -0.25) is 0 Å². The van der Waals surface area contributed by atoms with E-state index in [1.54, 1.807) is 7.11 Å². The molecule has 5 rings (SSSR count). The summed E-state index contributed by atoms with van der Waals surface area (Å²) in [5.74, 6) is -0.0404. The molecule has 0 amide bonds. The van der Waals surface area contributed by atoms with Crippen molar-refractivity contribution in [3.63, 3.8) is 0 Å². The van der Waals surface area contributed by atoms with Gasteiger partial charge in [0, 0.05) is 18.5 Å². The van der Waals surface area contributed by atoms with Crippen molar-refractivity contribution in [2.24, 2.45) is 0 Å². The van der Waals surface area contributed by atoms with Crippen molar-refractivity contribution in [2.75, 3.05) is 20.7 Å². The first-order chi connectivity index (χ1) is 15.7. The van der Waals surface area contributed by atoms with E-state index in [0.717, 1.165) is 30.8 Å². The molecular formula is C23H29NO9. The van der Waals surface area contributed by atoms with Crippen molar-refractivity contribution < 1.29 is 44.2 Å². The lowest BCUT2D eigenvalue weighted by molar-refractivity contribution is -0.302. The highest BCUT2D eigenvalue weighted by Crippen LogP contribution is 2.56. The van der Waals surface area contributed by atoms with Crippen molar-refractivity contribution in [1.29, 1.82) is 0 Å². The number of carboxylic acid groups (broad SMARTS) is 1. The Balaban J connectivity index is 1.42. The molecule has 1 aliphatic carbocycles. The Hall–Kier alpha value is -2.21. The average molecular weight is 463 g/mol. The summed E-state index contributed by atoms with van der Waals surface area (Å²) in [4.78, 5) is 13.7. The van der Waals surface area contributed by atoms with Crippen LogP contribution in [0.4, 0.5) is 0 Å². The molecule has 8 atom stereocenters. The second-order valence-corrected chi connectivity index (χ2v) is 9.27. The smallest absolute Gasteiger partial charge is 0.335 e. The molecule has 1 aromatic rings. The molecule has 4 aliphatic rings. The minimum absolute atomic E-state index is 0.254. The van der Waals surface area contributed by atoms with Crippen molar-refractivity contribution in [2.45, 2.75) is 67.7 Å². The maximum atomic E-state index is 11.4. The first-order valence-electron chi connectivity index (χ1n) is 11.1. The molecule has 10 heteroatoms. The fourth-order valence-corrected chi connectivity index (χ4v) is 5.50. The van der Waals surface area contributed by atoms with Crippen molar-refractivity contribution in [1.82, 2.24) is 4.90 Å². The zero-order chi connectivity index (χ0) is 23.5. The molecule has 0 bridgehead atoms. The summed E-state index contributed by atoms with van der Waals surface area (Å²) in [7, 11) is 3.70. The molecule has 1 aromatic carbocycles. The second kappa shape index (κ2) is 8.23. The van der Waals surface area contributed by atoms with Crippen molar-refractivity contribution >= 4 is 5.97 Å². The van der Waals surface area contributed by atoms with Gasteiger partial charge in [0.05, 0.1) is 18.6 Å². The van der Waals surface area contributed by atoms with Gasteiger partial charge in [-0.2, -0.15) is 0 Å². The number of hydrogen-bond donors (Lipinski definition) is 4. The van der Waals surface area contributed by atoms with E-state index in [0.29, 0.717) is 12.2 Å². The zero-order valence-corrected chi connectivity index (χ0v) is 18.5. The molecule has 3 heterocycles. The molecular weight excluding hydrogens is 434 g/mol. The Labute approximate surface area is 190 Å². The summed E-state index contributed by atoms with van der Waals surface area (Å²) in [6, 6.07) is 4.00. The van der Waals surface area contributed by atoms with Gasteiger partial charge in [0.2, 0.25) is 0 Å². The minimum Gasteiger partial charge on any atom is -0.493 e. The molecule has 1 fully saturated rings. The first kappa shape index (κ1) is 22.6. The SMILES string of the molecule is COc1ccc2c3c1OC1CC(OC4OC(C(=O)O)C(O)C(O)C4O)C=CC31CCN(C)C2. The summed E-state index contributed by atoms with van der Waals surface area (Å²) in [5, 5.41) is 39.6. The van der Waals surface area contributed by atoms with Crippen LogP contribution in [-0.4, -0.2) is 94.9 Å². The number of ether oxygens (including phenoxy) is 4. The summed E-state index contributed by atoms with van der Waals surface area (Å²) >= 11 is 0. The third-order valence-corrected chi connectivity index (χ3v) is 7.25. The van der Waals surface area contributed by atoms with E-state index in [4.69, 9.17) is 18.9 Å².